The minimum atomic E-state index is 0.0705. The number of nitrogen functional groups attached to an aromatic ring is 1. The second kappa shape index (κ2) is 4.74. The van der Waals surface area contributed by atoms with E-state index in [1.807, 2.05) is 23.1 Å². The molecular formula is C15H17BrN2OS. The number of nitrogens with zero attached hydrogens (tertiary/aromatic N) is 1. The second-order valence-corrected chi connectivity index (χ2v) is 8.01. The van der Waals surface area contributed by atoms with Crippen LogP contribution in [0.4, 0.5) is 5.69 Å². The first-order valence-corrected chi connectivity index (χ1v) is 8.26. The summed E-state index contributed by atoms with van der Waals surface area (Å²) in [6.45, 7) is 6.03. The molecule has 0 atom stereocenters. The summed E-state index contributed by atoms with van der Waals surface area (Å²) < 4.78 is 2.00. The van der Waals surface area contributed by atoms with Gasteiger partial charge in [-0.2, -0.15) is 0 Å². The van der Waals surface area contributed by atoms with Crippen LogP contribution in [0.5, 0.6) is 0 Å². The molecule has 0 aliphatic carbocycles. The number of halogens is 1. The Bertz CT molecular complexity index is 692. The van der Waals surface area contributed by atoms with Gasteiger partial charge in [0.05, 0.1) is 5.69 Å². The summed E-state index contributed by atoms with van der Waals surface area (Å²) in [4.78, 5) is 15.3. The van der Waals surface area contributed by atoms with Gasteiger partial charge in [0.15, 0.2) is 0 Å². The van der Waals surface area contributed by atoms with Gasteiger partial charge in [-0.3, -0.25) is 4.79 Å². The minimum absolute atomic E-state index is 0.0705. The lowest BCUT2D eigenvalue weighted by atomic mass is 9.93. The fourth-order valence-corrected chi connectivity index (χ4v) is 4.55. The smallest absolute Gasteiger partial charge is 0.266 e. The Morgan fingerprint density at radius 2 is 2.20 bits per heavy atom. The molecule has 3 rings (SSSR count). The van der Waals surface area contributed by atoms with Gasteiger partial charge in [0, 0.05) is 27.6 Å². The van der Waals surface area contributed by atoms with E-state index in [1.54, 1.807) is 0 Å². The molecule has 2 heterocycles. The molecule has 0 bridgehead atoms. The maximum absolute atomic E-state index is 12.7. The molecule has 0 radical (unpaired) electrons. The molecule has 3 nitrogen and oxygen atoms in total. The molecule has 1 fully saturated rings. The maximum Gasteiger partial charge on any atom is 0.266 e. The van der Waals surface area contributed by atoms with Gasteiger partial charge >= 0.3 is 0 Å². The summed E-state index contributed by atoms with van der Waals surface area (Å²) in [5.41, 5.74) is 7.02. The number of hydrogen-bond acceptors (Lipinski definition) is 3. The van der Waals surface area contributed by atoms with Crippen LogP contribution in [0.2, 0.25) is 0 Å². The number of carbonyl (C=O) groups excluding carboxylic acids is 1. The normalized spacial score (nSPS) is 17.9. The van der Waals surface area contributed by atoms with Gasteiger partial charge in [0.25, 0.3) is 5.91 Å². The van der Waals surface area contributed by atoms with Crippen LogP contribution in [-0.2, 0) is 0 Å². The zero-order valence-electron chi connectivity index (χ0n) is 11.6. The number of anilines is 1. The summed E-state index contributed by atoms with van der Waals surface area (Å²) in [5, 5.41) is 0.958. The van der Waals surface area contributed by atoms with E-state index in [9.17, 15) is 4.79 Å². The molecule has 0 unspecified atom stereocenters. The van der Waals surface area contributed by atoms with Gasteiger partial charge in [-0.1, -0.05) is 35.8 Å². The maximum atomic E-state index is 12.7. The molecule has 1 aliphatic heterocycles. The standard InChI is InChI=1S/C15H17BrN2OS/c1-15(2)6-7-18(8-15)14(19)13-12(17)11-9(16)4-3-5-10(11)20-13/h3-5H,6-8,17H2,1-2H3. The van der Waals surface area contributed by atoms with E-state index in [1.165, 1.54) is 11.3 Å². The number of carbonyl (C=O) groups is 1. The minimum Gasteiger partial charge on any atom is -0.397 e. The summed E-state index contributed by atoms with van der Waals surface area (Å²) >= 11 is 5.00. The van der Waals surface area contributed by atoms with Gasteiger partial charge in [0.2, 0.25) is 0 Å². The third-order valence-electron chi connectivity index (χ3n) is 3.86. The Morgan fingerprint density at radius 1 is 1.45 bits per heavy atom. The number of benzene rings is 1. The van der Waals surface area contributed by atoms with E-state index in [-0.39, 0.29) is 11.3 Å². The van der Waals surface area contributed by atoms with Crippen molar-refractivity contribution in [1.82, 2.24) is 4.90 Å². The van der Waals surface area contributed by atoms with Gasteiger partial charge in [-0.25, -0.2) is 0 Å². The highest BCUT2D eigenvalue weighted by atomic mass is 79.9. The average Bonchev–Trinajstić information content (AvgIpc) is 2.90. The highest BCUT2D eigenvalue weighted by molar-refractivity contribution is 9.10. The molecule has 1 aliphatic rings. The van der Waals surface area contributed by atoms with Crippen molar-refractivity contribution in [2.45, 2.75) is 20.3 Å². The van der Waals surface area contributed by atoms with E-state index in [2.05, 4.69) is 29.8 Å². The van der Waals surface area contributed by atoms with E-state index in [0.717, 1.165) is 34.1 Å². The lowest BCUT2D eigenvalue weighted by Gasteiger charge is -2.19. The van der Waals surface area contributed by atoms with Crippen LogP contribution < -0.4 is 5.73 Å². The van der Waals surface area contributed by atoms with E-state index in [0.29, 0.717) is 10.6 Å². The summed E-state index contributed by atoms with van der Waals surface area (Å²) in [7, 11) is 0. The van der Waals surface area contributed by atoms with Gasteiger partial charge < -0.3 is 10.6 Å². The number of amides is 1. The predicted octanol–water partition coefficient (Wildman–Crippen LogP) is 4.12. The number of fused-ring (bicyclic) bond motifs is 1. The van der Waals surface area contributed by atoms with Crippen molar-refractivity contribution in [1.29, 1.82) is 0 Å². The molecule has 0 saturated carbocycles. The average molecular weight is 353 g/mol. The summed E-state index contributed by atoms with van der Waals surface area (Å²) in [6.07, 6.45) is 1.05. The van der Waals surface area contributed by atoms with Crippen molar-refractivity contribution in [3.05, 3.63) is 27.5 Å². The number of rotatable bonds is 1. The first kappa shape index (κ1) is 13.9. The second-order valence-electron chi connectivity index (χ2n) is 6.10. The summed E-state index contributed by atoms with van der Waals surface area (Å²) in [6, 6.07) is 5.93. The summed E-state index contributed by atoms with van der Waals surface area (Å²) in [5.74, 6) is 0.0705. The Balaban J connectivity index is 2.01. The molecule has 1 aromatic carbocycles. The van der Waals surface area contributed by atoms with Gasteiger partial charge in [0.1, 0.15) is 4.88 Å². The van der Waals surface area contributed by atoms with Crippen LogP contribution >= 0.6 is 27.3 Å². The highest BCUT2D eigenvalue weighted by Crippen LogP contribution is 2.40. The number of nitrogens with two attached hydrogens (primary N) is 1. The van der Waals surface area contributed by atoms with Gasteiger partial charge in [-0.15, -0.1) is 11.3 Å². The van der Waals surface area contributed by atoms with Crippen molar-refractivity contribution >= 4 is 48.9 Å². The Hall–Kier alpha value is -1.07. The van der Waals surface area contributed by atoms with E-state index >= 15 is 0 Å². The Kier molecular flexibility index (Phi) is 3.29. The van der Waals surface area contributed by atoms with Crippen LogP contribution in [0.15, 0.2) is 22.7 Å². The van der Waals surface area contributed by atoms with Crippen LogP contribution in [-0.4, -0.2) is 23.9 Å². The Labute approximate surface area is 130 Å². The van der Waals surface area contributed by atoms with Crippen molar-refractivity contribution in [3.63, 3.8) is 0 Å². The third kappa shape index (κ3) is 2.23. The van der Waals surface area contributed by atoms with Crippen molar-refractivity contribution in [2.24, 2.45) is 5.41 Å². The molecule has 20 heavy (non-hydrogen) atoms. The number of hydrogen-bond donors (Lipinski definition) is 1. The van der Waals surface area contributed by atoms with Crippen LogP contribution in [0.3, 0.4) is 0 Å². The van der Waals surface area contributed by atoms with Crippen molar-refractivity contribution < 1.29 is 4.79 Å². The quantitative estimate of drug-likeness (QED) is 0.838. The third-order valence-corrected chi connectivity index (χ3v) is 5.68. The Morgan fingerprint density at radius 3 is 2.80 bits per heavy atom. The first-order valence-electron chi connectivity index (χ1n) is 6.65. The number of thiophene rings is 1. The monoisotopic (exact) mass is 352 g/mol. The SMILES string of the molecule is CC1(C)CCN(C(=O)c2sc3cccc(Br)c3c2N)C1. The topological polar surface area (TPSA) is 46.3 Å². The zero-order chi connectivity index (χ0) is 14.5. The van der Waals surface area contributed by atoms with Crippen LogP contribution in [0, 0.1) is 5.41 Å². The van der Waals surface area contributed by atoms with Crippen LogP contribution in [0.1, 0.15) is 29.9 Å². The zero-order valence-corrected chi connectivity index (χ0v) is 14.0. The van der Waals surface area contributed by atoms with Crippen LogP contribution in [0.25, 0.3) is 10.1 Å². The molecule has 5 heteroatoms. The molecule has 1 aromatic heterocycles. The molecular weight excluding hydrogens is 336 g/mol. The van der Waals surface area contributed by atoms with E-state index in [4.69, 9.17) is 5.73 Å². The largest absolute Gasteiger partial charge is 0.397 e. The molecule has 2 N–H and O–H groups in total. The lowest BCUT2D eigenvalue weighted by molar-refractivity contribution is 0.0784. The van der Waals surface area contributed by atoms with E-state index < -0.39 is 0 Å². The van der Waals surface area contributed by atoms with Crippen molar-refractivity contribution in [3.8, 4) is 0 Å². The predicted molar refractivity (Wildman–Crippen MR) is 88.2 cm³/mol. The molecule has 1 amide bonds. The molecule has 1 saturated heterocycles. The lowest BCUT2D eigenvalue weighted by Crippen LogP contribution is -2.30. The van der Waals surface area contributed by atoms with Gasteiger partial charge in [-0.05, 0) is 24.0 Å². The first-order chi connectivity index (χ1) is 9.39. The fraction of sp³-hybridized carbons (Fsp3) is 0.400. The fourth-order valence-electron chi connectivity index (χ4n) is 2.72. The molecule has 2 aromatic rings. The molecule has 106 valence electrons. The van der Waals surface area contributed by atoms with Crippen molar-refractivity contribution in [2.75, 3.05) is 18.8 Å². The molecule has 0 spiro atoms. The highest BCUT2D eigenvalue weighted by Gasteiger charge is 2.34. The number of likely N-dealkylation sites (tertiary alicyclic amines) is 1.